The molecule has 0 saturated carbocycles. The molecule has 0 aliphatic carbocycles. The van der Waals surface area contributed by atoms with Crippen LogP contribution in [0.4, 0.5) is 0 Å². The van der Waals surface area contributed by atoms with Gasteiger partial charge in [0.2, 0.25) is 0 Å². The first-order valence-corrected chi connectivity index (χ1v) is 12.3. The molecule has 2 N–H and O–H groups in total. The van der Waals surface area contributed by atoms with Crippen molar-refractivity contribution in [1.29, 1.82) is 0 Å². The minimum Gasteiger partial charge on any atom is -0.486 e. The van der Waals surface area contributed by atoms with Crippen LogP contribution in [-0.4, -0.2) is 74.3 Å². The molecule has 0 radical (unpaired) electrons. The van der Waals surface area contributed by atoms with Crippen LogP contribution >= 0.6 is 0 Å². The van der Waals surface area contributed by atoms with E-state index in [4.69, 9.17) is 14.2 Å². The number of benzene rings is 1. The van der Waals surface area contributed by atoms with Crippen molar-refractivity contribution in [2.24, 2.45) is 0 Å². The molecule has 4 heterocycles. The maximum atomic E-state index is 13.0. The highest BCUT2D eigenvalue weighted by atomic mass is 16.6. The van der Waals surface area contributed by atoms with E-state index in [1.807, 2.05) is 22.9 Å². The minimum atomic E-state index is -0.156. The molecule has 2 aromatic heterocycles. The summed E-state index contributed by atoms with van der Waals surface area (Å²) in [6, 6.07) is 5.50. The Morgan fingerprint density at radius 3 is 2.80 bits per heavy atom. The number of aromatic nitrogens is 5. The number of H-pyrrole nitrogens is 1. The normalized spacial score (nSPS) is 18.4. The molecule has 3 aromatic rings. The first kappa shape index (κ1) is 23.7. The van der Waals surface area contributed by atoms with Gasteiger partial charge in [0.05, 0.1) is 24.2 Å². The fourth-order valence-corrected chi connectivity index (χ4v) is 4.91. The summed E-state index contributed by atoms with van der Waals surface area (Å²) in [6.45, 7) is 5.50. The molecule has 11 nitrogen and oxygen atoms in total. The fourth-order valence-electron chi connectivity index (χ4n) is 4.91. The Labute approximate surface area is 203 Å². The molecular formula is C24H32N6O5. The average Bonchev–Trinajstić information content (AvgIpc) is 3.55. The van der Waals surface area contributed by atoms with Crippen molar-refractivity contribution < 1.29 is 19.3 Å². The van der Waals surface area contributed by atoms with E-state index in [0.717, 1.165) is 37.1 Å². The smallest absolute Gasteiger partial charge is 0.252 e. The van der Waals surface area contributed by atoms with Crippen LogP contribution in [0.5, 0.6) is 11.5 Å². The summed E-state index contributed by atoms with van der Waals surface area (Å²) in [5.41, 5.74) is 1.18. The van der Waals surface area contributed by atoms with Crippen molar-refractivity contribution in [2.75, 3.05) is 33.0 Å². The third kappa shape index (κ3) is 5.16. The number of aliphatic hydroxyl groups is 1. The molecule has 0 spiro atoms. The van der Waals surface area contributed by atoms with Gasteiger partial charge in [-0.25, -0.2) is 4.68 Å². The molecule has 0 amide bonds. The van der Waals surface area contributed by atoms with Crippen molar-refractivity contribution >= 4 is 10.9 Å². The van der Waals surface area contributed by atoms with Gasteiger partial charge in [-0.2, -0.15) is 0 Å². The number of nitrogens with one attached hydrogen (secondary N) is 1. The van der Waals surface area contributed by atoms with Crippen LogP contribution in [0, 0.1) is 0 Å². The van der Waals surface area contributed by atoms with E-state index < -0.39 is 0 Å². The molecule has 0 unspecified atom stereocenters. The monoisotopic (exact) mass is 484 g/mol. The highest BCUT2D eigenvalue weighted by Crippen LogP contribution is 2.34. The van der Waals surface area contributed by atoms with Crippen molar-refractivity contribution in [3.05, 3.63) is 39.9 Å². The first-order valence-electron chi connectivity index (χ1n) is 12.3. The third-order valence-electron chi connectivity index (χ3n) is 6.65. The van der Waals surface area contributed by atoms with Crippen molar-refractivity contribution in [3.63, 3.8) is 0 Å². The fraction of sp³-hybridized carbons (Fsp3) is 0.583. The molecule has 2 aliphatic rings. The molecule has 0 bridgehead atoms. The van der Waals surface area contributed by atoms with Crippen LogP contribution in [0.1, 0.15) is 50.0 Å². The van der Waals surface area contributed by atoms with Crippen LogP contribution in [0.15, 0.2) is 23.0 Å². The Morgan fingerprint density at radius 2 is 2.06 bits per heavy atom. The van der Waals surface area contributed by atoms with Gasteiger partial charge in [0, 0.05) is 43.3 Å². The highest BCUT2D eigenvalue weighted by molar-refractivity contribution is 5.83. The van der Waals surface area contributed by atoms with Gasteiger partial charge < -0.3 is 24.3 Å². The number of fused-ring (bicyclic) bond motifs is 2. The summed E-state index contributed by atoms with van der Waals surface area (Å²) < 4.78 is 19.0. The van der Waals surface area contributed by atoms with Gasteiger partial charge in [0.15, 0.2) is 17.3 Å². The van der Waals surface area contributed by atoms with E-state index in [1.165, 1.54) is 0 Å². The lowest BCUT2D eigenvalue weighted by Gasteiger charge is -2.30. The number of hydrogen-bond donors (Lipinski definition) is 2. The van der Waals surface area contributed by atoms with Crippen LogP contribution in [0.3, 0.4) is 0 Å². The maximum Gasteiger partial charge on any atom is 0.252 e. The largest absolute Gasteiger partial charge is 0.486 e. The predicted octanol–water partition coefficient (Wildman–Crippen LogP) is 1.80. The van der Waals surface area contributed by atoms with E-state index in [1.54, 1.807) is 0 Å². The molecule has 2 aliphatic heterocycles. The molecule has 1 fully saturated rings. The van der Waals surface area contributed by atoms with E-state index >= 15 is 0 Å². The number of nitrogens with zero attached hydrogens (tertiary/aromatic N) is 5. The van der Waals surface area contributed by atoms with Crippen LogP contribution in [-0.2, 0) is 17.8 Å². The number of aromatic amines is 1. The molecule has 188 valence electrons. The molecule has 1 saturated heterocycles. The van der Waals surface area contributed by atoms with Crippen LogP contribution in [0.25, 0.3) is 10.9 Å². The lowest BCUT2D eigenvalue weighted by atomic mass is 10.1. The van der Waals surface area contributed by atoms with Gasteiger partial charge >= 0.3 is 0 Å². The van der Waals surface area contributed by atoms with E-state index in [-0.39, 0.29) is 24.3 Å². The summed E-state index contributed by atoms with van der Waals surface area (Å²) in [7, 11) is 0. The number of pyridine rings is 1. The minimum absolute atomic E-state index is 0.0609. The summed E-state index contributed by atoms with van der Waals surface area (Å²) in [5.74, 6) is 2.07. The quantitative estimate of drug-likeness (QED) is 0.443. The molecular weight excluding hydrogens is 452 g/mol. The van der Waals surface area contributed by atoms with Crippen LogP contribution in [0.2, 0.25) is 0 Å². The number of ether oxygens (including phenoxy) is 3. The standard InChI is InChI=1S/C24H32N6O5/c1-2-20(23-26-27-28-30(23)15-18-5-3-8-33-18)29(6-4-7-31)14-17-11-16-12-21-22(35-10-9-34-21)13-19(16)25-24(17)32/h11-13,18,20,31H,2-10,14-15H2,1H3,(H,25,32)/t18-,20-/m1/s1. The lowest BCUT2D eigenvalue weighted by molar-refractivity contribution is 0.0888. The lowest BCUT2D eigenvalue weighted by Crippen LogP contribution is -2.34. The molecule has 35 heavy (non-hydrogen) atoms. The van der Waals surface area contributed by atoms with E-state index in [0.29, 0.717) is 61.8 Å². The SMILES string of the molecule is CC[C@H](c1nnnn1C[C@H]1CCCO1)N(CCCO)Cc1cc2cc3c(cc2[nH]c1=O)OCCO3. The van der Waals surface area contributed by atoms with Gasteiger partial charge in [-0.3, -0.25) is 9.69 Å². The summed E-state index contributed by atoms with van der Waals surface area (Å²) in [6.07, 6.45) is 3.48. The molecule has 2 atom stereocenters. The number of rotatable bonds is 10. The first-order chi connectivity index (χ1) is 17.2. The molecule has 11 heteroatoms. The number of aliphatic hydroxyl groups excluding tert-OH is 1. The molecule has 1 aromatic carbocycles. The van der Waals surface area contributed by atoms with Crippen LogP contribution < -0.4 is 15.0 Å². The van der Waals surface area contributed by atoms with Crippen molar-refractivity contribution in [3.8, 4) is 11.5 Å². The topological polar surface area (TPSA) is 128 Å². The second-order valence-electron chi connectivity index (χ2n) is 9.03. The average molecular weight is 485 g/mol. The van der Waals surface area contributed by atoms with Crippen molar-refractivity contribution in [2.45, 2.75) is 57.8 Å². The number of hydrogen-bond acceptors (Lipinski definition) is 9. The van der Waals surface area contributed by atoms with Gasteiger partial charge in [0.1, 0.15) is 13.2 Å². The van der Waals surface area contributed by atoms with Crippen molar-refractivity contribution in [1.82, 2.24) is 30.1 Å². The second kappa shape index (κ2) is 10.7. The maximum absolute atomic E-state index is 13.0. The van der Waals surface area contributed by atoms with Gasteiger partial charge in [-0.05, 0) is 48.2 Å². The second-order valence-corrected chi connectivity index (χ2v) is 9.03. The zero-order valence-electron chi connectivity index (χ0n) is 20.0. The summed E-state index contributed by atoms with van der Waals surface area (Å²) in [4.78, 5) is 18.2. The van der Waals surface area contributed by atoms with Gasteiger partial charge in [0.25, 0.3) is 5.56 Å². The Kier molecular flexibility index (Phi) is 7.26. The predicted molar refractivity (Wildman–Crippen MR) is 127 cm³/mol. The zero-order valence-corrected chi connectivity index (χ0v) is 20.0. The molecule has 5 rings (SSSR count). The Balaban J connectivity index is 1.44. The number of tetrazole rings is 1. The van der Waals surface area contributed by atoms with E-state index in [2.05, 4.69) is 32.3 Å². The highest BCUT2D eigenvalue weighted by Gasteiger charge is 2.27. The summed E-state index contributed by atoms with van der Waals surface area (Å²) in [5, 5.41) is 22.9. The van der Waals surface area contributed by atoms with Gasteiger partial charge in [-0.1, -0.05) is 6.92 Å². The third-order valence-corrected chi connectivity index (χ3v) is 6.65. The Bertz CT molecular complexity index is 1200. The Morgan fingerprint density at radius 1 is 1.23 bits per heavy atom. The zero-order chi connectivity index (χ0) is 24.2. The van der Waals surface area contributed by atoms with Gasteiger partial charge in [-0.15, -0.1) is 5.10 Å². The Hall–Kier alpha value is -3.02. The summed E-state index contributed by atoms with van der Waals surface area (Å²) >= 11 is 0. The van der Waals surface area contributed by atoms with E-state index in [9.17, 15) is 9.90 Å².